The number of alkyl carbamates (subject to hydrolysis) is 1. The van der Waals surface area contributed by atoms with Crippen LogP contribution in [0, 0.1) is 0 Å². The van der Waals surface area contributed by atoms with Gasteiger partial charge in [0.25, 0.3) is 0 Å². The number of carboxylic acids is 1. The number of carbonyl (C=O) groups is 3. The molecule has 4 rings (SSSR count). The number of hydrogen-bond acceptors (Lipinski definition) is 5. The number of carboxylic acid groups (broad SMARTS) is 1. The van der Waals surface area contributed by atoms with E-state index < -0.39 is 18.1 Å². The maximum atomic E-state index is 13.2. The molecule has 0 aromatic heterocycles. The molecule has 2 atom stereocenters. The number of benzene rings is 2. The van der Waals surface area contributed by atoms with Gasteiger partial charge in [-0.25, -0.2) is 4.79 Å². The highest BCUT2D eigenvalue weighted by atomic mass is 16.5. The lowest BCUT2D eigenvalue weighted by Crippen LogP contribution is -2.54. The molecule has 34 heavy (non-hydrogen) atoms. The molecule has 1 saturated heterocycles. The van der Waals surface area contributed by atoms with Crippen molar-refractivity contribution in [3.63, 3.8) is 0 Å². The first kappa shape index (κ1) is 23.8. The molecule has 2 N–H and O–H groups in total. The van der Waals surface area contributed by atoms with Crippen LogP contribution >= 0.6 is 0 Å². The first-order valence-corrected chi connectivity index (χ1v) is 11.6. The zero-order valence-electron chi connectivity index (χ0n) is 19.6. The Morgan fingerprint density at radius 1 is 1.09 bits per heavy atom. The molecule has 2 aromatic rings. The molecule has 1 aliphatic heterocycles. The van der Waals surface area contributed by atoms with Crippen LogP contribution in [0.5, 0.6) is 0 Å². The van der Waals surface area contributed by atoms with Crippen molar-refractivity contribution in [1.82, 2.24) is 15.1 Å². The summed E-state index contributed by atoms with van der Waals surface area (Å²) >= 11 is 0. The number of aliphatic carboxylic acids is 1. The predicted molar refractivity (Wildman–Crippen MR) is 128 cm³/mol. The molecule has 8 nitrogen and oxygen atoms in total. The molecule has 0 saturated carbocycles. The summed E-state index contributed by atoms with van der Waals surface area (Å²) in [6.45, 7) is 0.945. The summed E-state index contributed by atoms with van der Waals surface area (Å²) in [5.74, 6) is -1.27. The summed E-state index contributed by atoms with van der Waals surface area (Å²) in [6.07, 6.45) is 0.655. The van der Waals surface area contributed by atoms with Gasteiger partial charge < -0.3 is 25.0 Å². The molecule has 180 valence electrons. The highest BCUT2D eigenvalue weighted by molar-refractivity contribution is 5.87. The second-order valence-corrected chi connectivity index (χ2v) is 9.21. The zero-order valence-corrected chi connectivity index (χ0v) is 19.6. The van der Waals surface area contributed by atoms with Crippen molar-refractivity contribution in [2.75, 3.05) is 33.8 Å². The van der Waals surface area contributed by atoms with E-state index in [-0.39, 0.29) is 30.9 Å². The molecule has 2 unspecified atom stereocenters. The van der Waals surface area contributed by atoms with E-state index in [0.717, 1.165) is 28.7 Å². The highest BCUT2D eigenvalue weighted by Gasteiger charge is 2.36. The SMILES string of the molecule is CN(C)CC(NC(=O)OCC1c2ccccc2-c2ccccc21)C(=O)N1CCCC1CC(=O)O. The quantitative estimate of drug-likeness (QED) is 0.622. The molecule has 1 fully saturated rings. The first-order chi connectivity index (χ1) is 16.3. The first-order valence-electron chi connectivity index (χ1n) is 11.6. The van der Waals surface area contributed by atoms with Crippen LogP contribution in [0.25, 0.3) is 11.1 Å². The van der Waals surface area contributed by atoms with E-state index in [1.165, 1.54) is 0 Å². The Bertz CT molecular complexity index is 1020. The molecule has 2 aliphatic rings. The van der Waals surface area contributed by atoms with Crippen molar-refractivity contribution in [3.05, 3.63) is 59.7 Å². The van der Waals surface area contributed by atoms with Crippen molar-refractivity contribution in [1.29, 1.82) is 0 Å². The summed E-state index contributed by atoms with van der Waals surface area (Å²) in [5.41, 5.74) is 4.52. The summed E-state index contributed by atoms with van der Waals surface area (Å²) in [4.78, 5) is 40.6. The molecule has 0 radical (unpaired) electrons. The number of hydrogen-bond donors (Lipinski definition) is 2. The third kappa shape index (κ3) is 5.07. The number of likely N-dealkylation sites (N-methyl/N-ethyl adjacent to an activating group) is 1. The van der Waals surface area contributed by atoms with Gasteiger partial charge in [-0.3, -0.25) is 9.59 Å². The van der Waals surface area contributed by atoms with Crippen molar-refractivity contribution in [2.45, 2.75) is 37.3 Å². The van der Waals surface area contributed by atoms with Crippen LogP contribution in [0.2, 0.25) is 0 Å². The number of likely N-dealkylation sites (tertiary alicyclic amines) is 1. The van der Waals surface area contributed by atoms with E-state index in [1.54, 1.807) is 4.90 Å². The van der Waals surface area contributed by atoms with E-state index >= 15 is 0 Å². The summed E-state index contributed by atoms with van der Waals surface area (Å²) in [5, 5.41) is 11.9. The Hall–Kier alpha value is -3.39. The van der Waals surface area contributed by atoms with Crippen LogP contribution in [-0.4, -0.2) is 78.8 Å². The van der Waals surface area contributed by atoms with Crippen LogP contribution in [0.15, 0.2) is 48.5 Å². The Balaban J connectivity index is 1.43. The molecular weight excluding hydrogens is 434 g/mol. The van der Waals surface area contributed by atoms with E-state index in [4.69, 9.17) is 4.74 Å². The second-order valence-electron chi connectivity index (χ2n) is 9.21. The van der Waals surface area contributed by atoms with Gasteiger partial charge in [-0.1, -0.05) is 48.5 Å². The fraction of sp³-hybridized carbons (Fsp3) is 0.423. The minimum absolute atomic E-state index is 0.0697. The van der Waals surface area contributed by atoms with Crippen molar-refractivity contribution in [2.24, 2.45) is 0 Å². The normalized spacial score (nSPS) is 17.9. The summed E-state index contributed by atoms with van der Waals surface area (Å²) in [6, 6.07) is 15.0. The van der Waals surface area contributed by atoms with Gasteiger partial charge in [-0.05, 0) is 49.2 Å². The highest BCUT2D eigenvalue weighted by Crippen LogP contribution is 2.44. The van der Waals surface area contributed by atoms with E-state index in [1.807, 2.05) is 43.3 Å². The maximum absolute atomic E-state index is 13.2. The molecule has 1 aliphatic carbocycles. The minimum atomic E-state index is -0.932. The lowest BCUT2D eigenvalue weighted by molar-refractivity contribution is -0.140. The topological polar surface area (TPSA) is 99.2 Å². The average Bonchev–Trinajstić information content (AvgIpc) is 3.38. The van der Waals surface area contributed by atoms with Crippen LogP contribution in [-0.2, 0) is 14.3 Å². The smallest absolute Gasteiger partial charge is 0.407 e. The Labute approximate surface area is 199 Å². The molecule has 8 heteroatoms. The van der Waals surface area contributed by atoms with Crippen molar-refractivity contribution < 1.29 is 24.2 Å². The lowest BCUT2D eigenvalue weighted by atomic mass is 9.98. The van der Waals surface area contributed by atoms with Crippen LogP contribution in [0.1, 0.15) is 36.3 Å². The minimum Gasteiger partial charge on any atom is -0.481 e. The second kappa shape index (κ2) is 10.3. The van der Waals surface area contributed by atoms with Gasteiger partial charge in [0.1, 0.15) is 12.6 Å². The summed E-state index contributed by atoms with van der Waals surface area (Å²) in [7, 11) is 3.64. The molecule has 1 heterocycles. The fourth-order valence-corrected chi connectivity index (χ4v) is 5.07. The zero-order chi connectivity index (χ0) is 24.2. The lowest BCUT2D eigenvalue weighted by Gasteiger charge is -2.30. The molecular formula is C26H31N3O5. The van der Waals surface area contributed by atoms with Gasteiger partial charge >= 0.3 is 12.1 Å². The van der Waals surface area contributed by atoms with Crippen LogP contribution < -0.4 is 5.32 Å². The molecule has 0 bridgehead atoms. The maximum Gasteiger partial charge on any atom is 0.407 e. The van der Waals surface area contributed by atoms with Crippen LogP contribution in [0.3, 0.4) is 0 Å². The number of amides is 2. The molecule has 2 aromatic carbocycles. The number of nitrogens with one attached hydrogen (secondary N) is 1. The van der Waals surface area contributed by atoms with Gasteiger partial charge in [-0.15, -0.1) is 0 Å². The third-order valence-corrected chi connectivity index (χ3v) is 6.55. The Morgan fingerprint density at radius 3 is 2.29 bits per heavy atom. The van der Waals surface area contributed by atoms with E-state index in [0.29, 0.717) is 19.5 Å². The monoisotopic (exact) mass is 465 g/mol. The van der Waals surface area contributed by atoms with Gasteiger partial charge in [0.05, 0.1) is 6.42 Å². The van der Waals surface area contributed by atoms with Crippen molar-refractivity contribution in [3.8, 4) is 11.1 Å². The van der Waals surface area contributed by atoms with Gasteiger partial charge in [-0.2, -0.15) is 0 Å². The van der Waals surface area contributed by atoms with Crippen molar-refractivity contribution >= 4 is 18.0 Å². The van der Waals surface area contributed by atoms with Gasteiger partial charge in [0.2, 0.25) is 5.91 Å². The number of ether oxygens (including phenoxy) is 1. The van der Waals surface area contributed by atoms with Gasteiger partial charge in [0.15, 0.2) is 0 Å². The molecule has 0 spiro atoms. The number of fused-ring (bicyclic) bond motifs is 3. The van der Waals surface area contributed by atoms with Gasteiger partial charge in [0, 0.05) is 25.0 Å². The summed E-state index contributed by atoms with van der Waals surface area (Å²) < 4.78 is 5.62. The Kier molecular flexibility index (Phi) is 7.17. The largest absolute Gasteiger partial charge is 0.481 e. The molecule has 2 amide bonds. The number of rotatable bonds is 8. The van der Waals surface area contributed by atoms with E-state index in [9.17, 15) is 19.5 Å². The predicted octanol–water partition coefficient (Wildman–Crippen LogP) is 2.92. The average molecular weight is 466 g/mol. The fourth-order valence-electron chi connectivity index (χ4n) is 5.07. The standard InChI is InChI=1S/C26H31N3O5/c1-28(2)15-23(25(32)29-13-7-8-17(29)14-24(30)31)27-26(33)34-16-22-20-11-5-3-9-18(20)19-10-4-6-12-21(19)22/h3-6,9-12,17,22-23H,7-8,13-16H2,1-2H3,(H,27,33)(H,30,31). The number of nitrogens with zero attached hydrogens (tertiary/aromatic N) is 2. The Morgan fingerprint density at radius 2 is 1.71 bits per heavy atom. The third-order valence-electron chi connectivity index (χ3n) is 6.55. The van der Waals surface area contributed by atoms with E-state index in [2.05, 4.69) is 29.6 Å². The van der Waals surface area contributed by atoms with Crippen LogP contribution in [0.4, 0.5) is 4.79 Å². The number of carbonyl (C=O) groups excluding carboxylic acids is 2.